The van der Waals surface area contributed by atoms with Gasteiger partial charge in [0.2, 0.25) is 10.0 Å². The summed E-state index contributed by atoms with van der Waals surface area (Å²) in [7, 11) is -3.40. The maximum atomic E-state index is 12.2. The molecular formula is C11H17N3O2S2. The number of piperidine rings is 3. The SMILES string of the molecule is Nc1csc(S(=O)(=O)NC2CN3CCC2CC3)c1. The highest BCUT2D eigenvalue weighted by Gasteiger charge is 2.36. The molecule has 3 aliphatic rings. The number of fused-ring (bicyclic) bond motifs is 3. The molecular weight excluding hydrogens is 270 g/mol. The molecule has 1 unspecified atom stereocenters. The average Bonchev–Trinajstić information content (AvgIpc) is 2.78. The van der Waals surface area contributed by atoms with Crippen molar-refractivity contribution in [2.75, 3.05) is 25.4 Å². The Morgan fingerprint density at radius 3 is 2.61 bits per heavy atom. The van der Waals surface area contributed by atoms with Gasteiger partial charge in [0.25, 0.3) is 0 Å². The first-order chi connectivity index (χ1) is 8.54. The van der Waals surface area contributed by atoms with Crippen LogP contribution in [0.25, 0.3) is 0 Å². The molecule has 0 aromatic carbocycles. The lowest BCUT2D eigenvalue weighted by atomic mass is 9.85. The second kappa shape index (κ2) is 4.48. The fraction of sp³-hybridized carbons (Fsp3) is 0.636. The number of nitrogens with two attached hydrogens (primary N) is 1. The molecule has 0 spiro atoms. The van der Waals surface area contributed by atoms with Gasteiger partial charge in [-0.05, 0) is 37.9 Å². The monoisotopic (exact) mass is 287 g/mol. The Kier molecular flexibility index (Phi) is 3.09. The predicted molar refractivity (Wildman–Crippen MR) is 72.0 cm³/mol. The van der Waals surface area contributed by atoms with E-state index in [4.69, 9.17) is 5.73 Å². The fourth-order valence-electron chi connectivity index (χ4n) is 2.83. The summed E-state index contributed by atoms with van der Waals surface area (Å²) in [6.07, 6.45) is 2.19. The Balaban J connectivity index is 1.76. The molecule has 0 aliphatic carbocycles. The molecule has 7 heteroatoms. The summed E-state index contributed by atoms with van der Waals surface area (Å²) in [6.45, 7) is 3.05. The van der Waals surface area contributed by atoms with Crippen LogP contribution in [0.1, 0.15) is 12.8 Å². The van der Waals surface area contributed by atoms with Crippen LogP contribution in [0.4, 0.5) is 5.69 Å². The first kappa shape index (κ1) is 12.4. The van der Waals surface area contributed by atoms with E-state index in [2.05, 4.69) is 9.62 Å². The highest BCUT2D eigenvalue weighted by molar-refractivity contribution is 7.91. The average molecular weight is 287 g/mol. The topological polar surface area (TPSA) is 75.4 Å². The molecule has 3 fully saturated rings. The van der Waals surface area contributed by atoms with E-state index < -0.39 is 10.0 Å². The Labute approximate surface area is 111 Å². The van der Waals surface area contributed by atoms with Crippen LogP contribution in [0.2, 0.25) is 0 Å². The third-order valence-corrected chi connectivity index (χ3v) is 6.77. The molecule has 3 aliphatic heterocycles. The molecule has 18 heavy (non-hydrogen) atoms. The molecule has 0 saturated carbocycles. The number of sulfonamides is 1. The molecule has 1 atom stereocenters. The molecule has 0 radical (unpaired) electrons. The minimum Gasteiger partial charge on any atom is -0.398 e. The molecule has 4 heterocycles. The molecule has 1 aromatic heterocycles. The quantitative estimate of drug-likeness (QED) is 0.858. The summed E-state index contributed by atoms with van der Waals surface area (Å²) in [5.74, 6) is 0.488. The van der Waals surface area contributed by atoms with Crippen molar-refractivity contribution in [3.05, 3.63) is 11.4 Å². The van der Waals surface area contributed by atoms with Crippen LogP contribution in [-0.2, 0) is 10.0 Å². The van der Waals surface area contributed by atoms with Crippen LogP contribution in [0.3, 0.4) is 0 Å². The van der Waals surface area contributed by atoms with Gasteiger partial charge in [-0.15, -0.1) is 11.3 Å². The number of nitrogen functional groups attached to an aromatic ring is 1. The molecule has 3 saturated heterocycles. The zero-order valence-corrected chi connectivity index (χ0v) is 11.6. The van der Waals surface area contributed by atoms with Crippen molar-refractivity contribution < 1.29 is 8.42 Å². The normalized spacial score (nSPS) is 31.7. The van der Waals surface area contributed by atoms with Gasteiger partial charge in [0.05, 0.1) is 0 Å². The van der Waals surface area contributed by atoms with Crippen LogP contribution < -0.4 is 10.5 Å². The number of nitrogens with one attached hydrogen (secondary N) is 1. The smallest absolute Gasteiger partial charge is 0.250 e. The highest BCUT2D eigenvalue weighted by Crippen LogP contribution is 2.29. The number of nitrogens with zero attached hydrogens (tertiary/aromatic N) is 1. The van der Waals surface area contributed by atoms with Gasteiger partial charge in [-0.3, -0.25) is 0 Å². The second-order valence-corrected chi connectivity index (χ2v) is 7.92. The number of anilines is 1. The second-order valence-electron chi connectivity index (χ2n) is 5.06. The Morgan fingerprint density at radius 1 is 1.39 bits per heavy atom. The van der Waals surface area contributed by atoms with Crippen LogP contribution in [0, 0.1) is 5.92 Å². The van der Waals surface area contributed by atoms with Crippen molar-refractivity contribution in [1.82, 2.24) is 9.62 Å². The standard InChI is InChI=1S/C11H17N3O2S2/c12-9-5-11(17-7-9)18(15,16)13-10-6-14-3-1-8(10)2-4-14/h5,7-8,10,13H,1-4,6,12H2. The minimum atomic E-state index is -3.40. The summed E-state index contributed by atoms with van der Waals surface area (Å²) in [5.41, 5.74) is 6.09. The van der Waals surface area contributed by atoms with E-state index in [1.807, 2.05) is 0 Å². The summed E-state index contributed by atoms with van der Waals surface area (Å²) >= 11 is 1.18. The Hall–Kier alpha value is -0.630. The van der Waals surface area contributed by atoms with Crippen LogP contribution >= 0.6 is 11.3 Å². The largest absolute Gasteiger partial charge is 0.398 e. The fourth-order valence-corrected chi connectivity index (χ4v) is 5.22. The van der Waals surface area contributed by atoms with E-state index in [1.54, 1.807) is 5.38 Å². The van der Waals surface area contributed by atoms with E-state index in [-0.39, 0.29) is 6.04 Å². The highest BCUT2D eigenvalue weighted by atomic mass is 32.2. The zero-order valence-electron chi connectivity index (χ0n) is 10.0. The van der Waals surface area contributed by atoms with Crippen molar-refractivity contribution in [3.63, 3.8) is 0 Å². The zero-order chi connectivity index (χ0) is 12.8. The van der Waals surface area contributed by atoms with Gasteiger partial charge >= 0.3 is 0 Å². The van der Waals surface area contributed by atoms with E-state index in [1.165, 1.54) is 17.4 Å². The summed E-state index contributed by atoms with van der Waals surface area (Å²) < 4.78 is 27.6. The van der Waals surface area contributed by atoms with E-state index in [0.29, 0.717) is 15.8 Å². The summed E-state index contributed by atoms with van der Waals surface area (Å²) in [4.78, 5) is 2.33. The van der Waals surface area contributed by atoms with Gasteiger partial charge < -0.3 is 10.6 Å². The number of hydrogen-bond donors (Lipinski definition) is 2. The molecule has 3 N–H and O–H groups in total. The van der Waals surface area contributed by atoms with Gasteiger partial charge in [0, 0.05) is 23.7 Å². The lowest BCUT2D eigenvalue weighted by Crippen LogP contribution is -2.57. The maximum Gasteiger partial charge on any atom is 0.250 e. The van der Waals surface area contributed by atoms with Crippen molar-refractivity contribution in [2.24, 2.45) is 5.92 Å². The van der Waals surface area contributed by atoms with E-state index in [0.717, 1.165) is 32.5 Å². The molecule has 100 valence electrons. The third-order valence-electron chi connectivity index (χ3n) is 3.82. The molecule has 2 bridgehead atoms. The number of thiophene rings is 1. The van der Waals surface area contributed by atoms with Crippen molar-refractivity contribution in [2.45, 2.75) is 23.1 Å². The van der Waals surface area contributed by atoms with Gasteiger partial charge in [-0.2, -0.15) is 0 Å². The first-order valence-electron chi connectivity index (χ1n) is 6.13. The van der Waals surface area contributed by atoms with Crippen LogP contribution in [-0.4, -0.2) is 39.0 Å². The minimum absolute atomic E-state index is 0.0563. The van der Waals surface area contributed by atoms with Crippen molar-refractivity contribution in [3.8, 4) is 0 Å². The molecule has 5 nitrogen and oxygen atoms in total. The first-order valence-corrected chi connectivity index (χ1v) is 8.49. The predicted octanol–water partition coefficient (Wildman–Crippen LogP) is 0.703. The summed E-state index contributed by atoms with van der Waals surface area (Å²) in [5, 5.41) is 1.66. The van der Waals surface area contributed by atoms with E-state index in [9.17, 15) is 8.42 Å². The number of hydrogen-bond acceptors (Lipinski definition) is 5. The molecule has 0 amide bonds. The lowest BCUT2D eigenvalue weighted by molar-refractivity contribution is 0.0827. The Morgan fingerprint density at radius 2 is 2.11 bits per heavy atom. The third kappa shape index (κ3) is 2.27. The molecule has 1 aromatic rings. The van der Waals surface area contributed by atoms with Crippen molar-refractivity contribution in [1.29, 1.82) is 0 Å². The van der Waals surface area contributed by atoms with Gasteiger partial charge in [0.15, 0.2) is 0 Å². The van der Waals surface area contributed by atoms with Gasteiger partial charge in [-0.25, -0.2) is 13.1 Å². The van der Waals surface area contributed by atoms with Gasteiger partial charge in [-0.1, -0.05) is 0 Å². The molecule has 4 rings (SSSR count). The lowest BCUT2D eigenvalue weighted by Gasteiger charge is -2.44. The maximum absolute atomic E-state index is 12.2. The van der Waals surface area contributed by atoms with E-state index >= 15 is 0 Å². The van der Waals surface area contributed by atoms with Gasteiger partial charge in [0.1, 0.15) is 4.21 Å². The van der Waals surface area contributed by atoms with Crippen LogP contribution in [0.15, 0.2) is 15.7 Å². The Bertz CT molecular complexity index is 532. The summed E-state index contributed by atoms with van der Waals surface area (Å²) in [6, 6.07) is 1.58. The van der Waals surface area contributed by atoms with Crippen molar-refractivity contribution >= 4 is 27.0 Å². The van der Waals surface area contributed by atoms with Crippen LogP contribution in [0.5, 0.6) is 0 Å². The number of rotatable bonds is 3.